The van der Waals surface area contributed by atoms with Gasteiger partial charge in [0.25, 0.3) is 0 Å². The molecule has 0 unspecified atom stereocenters. The van der Waals surface area contributed by atoms with Crippen LogP contribution in [0.2, 0.25) is 0 Å². The van der Waals surface area contributed by atoms with E-state index in [4.69, 9.17) is 0 Å². The van der Waals surface area contributed by atoms with Crippen LogP contribution in [0.4, 0.5) is 0 Å². The minimum absolute atomic E-state index is 0. The molecule has 0 saturated carbocycles. The van der Waals surface area contributed by atoms with E-state index in [1.54, 1.807) is 0 Å². The average molecular weight is 186 g/mol. The molecule has 0 saturated heterocycles. The standard InChI is InChI=1S/2C5H5.Fe/c2*1-2-4-5-3-1;/h2*1-5H;/q-5;-1;. The van der Waals surface area contributed by atoms with E-state index in [-0.39, 0.29) is 17.1 Å². The van der Waals surface area contributed by atoms with Gasteiger partial charge in [-0.05, 0) is 0 Å². The Morgan fingerprint density at radius 1 is 0.636 bits per heavy atom. The molecule has 0 fully saturated rings. The Balaban J connectivity index is 0.000000167. The molecule has 0 radical (unpaired) electrons. The molecule has 1 heteroatoms. The Kier molecular flexibility index (Phi) is 6.81. The van der Waals surface area contributed by atoms with Crippen molar-refractivity contribution in [2.75, 3.05) is 0 Å². The summed E-state index contributed by atoms with van der Waals surface area (Å²) < 4.78 is 0. The van der Waals surface area contributed by atoms with Crippen molar-refractivity contribution in [2.24, 2.45) is 0 Å². The molecule has 2 aromatic carbocycles. The van der Waals surface area contributed by atoms with Crippen LogP contribution < -0.4 is 0 Å². The average Bonchev–Trinajstić information content (AvgIpc) is 2.67. The van der Waals surface area contributed by atoms with Gasteiger partial charge in [0.15, 0.2) is 0 Å². The van der Waals surface area contributed by atoms with Gasteiger partial charge in [0.2, 0.25) is 0 Å². The quantitative estimate of drug-likeness (QED) is 0.438. The van der Waals surface area contributed by atoms with Crippen molar-refractivity contribution in [1.82, 2.24) is 0 Å². The van der Waals surface area contributed by atoms with Crippen molar-refractivity contribution in [3.63, 3.8) is 0 Å². The Hall–Kier alpha value is -0.781. The SMILES string of the molecule is [Fe].[cH-]1[cH-][cH-][cH-][cH-]1.c1cc[cH-]c1. The van der Waals surface area contributed by atoms with Gasteiger partial charge >= 0.3 is 0 Å². The largest absolute Gasteiger partial charge is 0.748 e. The van der Waals surface area contributed by atoms with Crippen molar-refractivity contribution in [3.8, 4) is 0 Å². The van der Waals surface area contributed by atoms with Crippen LogP contribution in [0.5, 0.6) is 0 Å². The smallest absolute Gasteiger partial charge is 0 e. The summed E-state index contributed by atoms with van der Waals surface area (Å²) in [6, 6.07) is 20.0. The van der Waals surface area contributed by atoms with Crippen LogP contribution in [0, 0.1) is 0 Å². The normalized spacial score (nSPS) is 7.27. The summed E-state index contributed by atoms with van der Waals surface area (Å²) in [7, 11) is 0. The summed E-state index contributed by atoms with van der Waals surface area (Å²) in [4.78, 5) is 0. The van der Waals surface area contributed by atoms with Crippen LogP contribution in [0.15, 0.2) is 60.7 Å². The molecule has 0 aliphatic heterocycles. The molecule has 0 amide bonds. The second kappa shape index (κ2) is 7.33. The second-order valence-electron chi connectivity index (χ2n) is 1.92. The van der Waals surface area contributed by atoms with Crippen LogP contribution in [0.1, 0.15) is 0 Å². The maximum Gasteiger partial charge on any atom is 0 e. The molecule has 0 bridgehead atoms. The molecule has 0 spiro atoms. The van der Waals surface area contributed by atoms with Gasteiger partial charge in [-0.2, -0.15) is 18.2 Å². The van der Waals surface area contributed by atoms with E-state index in [2.05, 4.69) is 0 Å². The first-order chi connectivity index (χ1) is 5.00. The zero-order valence-corrected chi connectivity index (χ0v) is 7.23. The van der Waals surface area contributed by atoms with Gasteiger partial charge in [0.05, 0.1) is 0 Å². The number of hydrogen-bond acceptors (Lipinski definition) is 0. The van der Waals surface area contributed by atoms with Crippen LogP contribution in [-0.4, -0.2) is 0 Å². The van der Waals surface area contributed by atoms with E-state index in [1.807, 2.05) is 60.7 Å². The van der Waals surface area contributed by atoms with Gasteiger partial charge < -0.3 is 30.3 Å². The summed E-state index contributed by atoms with van der Waals surface area (Å²) in [6.45, 7) is 0. The third-order valence-corrected chi connectivity index (χ3v) is 1.11. The molecule has 0 atom stereocenters. The summed E-state index contributed by atoms with van der Waals surface area (Å²) in [5.41, 5.74) is 0. The maximum atomic E-state index is 2.00. The minimum atomic E-state index is 0. The fourth-order valence-electron chi connectivity index (χ4n) is 0.642. The molecule has 2 aromatic rings. The predicted molar refractivity (Wildman–Crippen MR) is 44.1 cm³/mol. The molecule has 11 heavy (non-hydrogen) atoms. The summed E-state index contributed by atoms with van der Waals surface area (Å²) in [5, 5.41) is 0. The van der Waals surface area contributed by atoms with Crippen molar-refractivity contribution in [1.29, 1.82) is 0 Å². The molecule has 0 aliphatic carbocycles. The van der Waals surface area contributed by atoms with Crippen molar-refractivity contribution in [3.05, 3.63) is 60.7 Å². The van der Waals surface area contributed by atoms with E-state index >= 15 is 0 Å². The maximum absolute atomic E-state index is 2.00. The van der Waals surface area contributed by atoms with E-state index < -0.39 is 0 Å². The molecular weight excluding hydrogens is 176 g/mol. The third kappa shape index (κ3) is 5.65. The minimum Gasteiger partial charge on any atom is -0.748 e. The Bertz CT molecular complexity index is 144. The molecule has 2 rings (SSSR count). The van der Waals surface area contributed by atoms with Gasteiger partial charge in [-0.15, -0.1) is 0 Å². The molecule has 64 valence electrons. The van der Waals surface area contributed by atoms with Crippen molar-refractivity contribution < 1.29 is 17.1 Å². The molecule has 0 aromatic heterocycles. The molecule has 0 nitrogen and oxygen atoms in total. The Morgan fingerprint density at radius 3 is 1.18 bits per heavy atom. The number of rotatable bonds is 0. The Labute approximate surface area is 78.1 Å². The van der Waals surface area contributed by atoms with Gasteiger partial charge in [-0.3, -0.25) is 0 Å². The summed E-state index contributed by atoms with van der Waals surface area (Å²) in [6.07, 6.45) is 0. The molecular formula is C10H10Fe-6. The molecule has 0 N–H and O–H groups in total. The summed E-state index contributed by atoms with van der Waals surface area (Å²) in [5.74, 6) is 0. The van der Waals surface area contributed by atoms with Crippen LogP contribution in [-0.2, 0) is 17.1 Å². The Morgan fingerprint density at radius 2 is 1.00 bits per heavy atom. The van der Waals surface area contributed by atoms with Crippen LogP contribution >= 0.6 is 0 Å². The fourth-order valence-corrected chi connectivity index (χ4v) is 0.642. The number of hydrogen-bond donors (Lipinski definition) is 0. The molecule has 0 heterocycles. The van der Waals surface area contributed by atoms with E-state index in [9.17, 15) is 0 Å². The van der Waals surface area contributed by atoms with Gasteiger partial charge in [0, 0.05) is 17.1 Å². The third-order valence-electron chi connectivity index (χ3n) is 1.11. The first kappa shape index (κ1) is 10.2. The van der Waals surface area contributed by atoms with E-state index in [0.29, 0.717) is 0 Å². The predicted octanol–water partition coefficient (Wildman–Crippen LogP) is 2.81. The van der Waals surface area contributed by atoms with Gasteiger partial charge in [-0.1, -0.05) is 0 Å². The zero-order chi connectivity index (χ0) is 7.07. The van der Waals surface area contributed by atoms with Crippen molar-refractivity contribution in [2.45, 2.75) is 0 Å². The second-order valence-corrected chi connectivity index (χ2v) is 1.92. The van der Waals surface area contributed by atoms with E-state index in [0.717, 1.165) is 0 Å². The van der Waals surface area contributed by atoms with E-state index in [1.165, 1.54) is 0 Å². The monoisotopic (exact) mass is 186 g/mol. The van der Waals surface area contributed by atoms with Crippen molar-refractivity contribution >= 4 is 0 Å². The van der Waals surface area contributed by atoms with Crippen LogP contribution in [0.25, 0.3) is 0 Å². The molecule has 0 aliphatic rings. The van der Waals surface area contributed by atoms with Crippen LogP contribution in [0.3, 0.4) is 0 Å². The first-order valence-corrected chi connectivity index (χ1v) is 3.33. The fraction of sp³-hybridized carbons (Fsp3) is 0. The zero-order valence-electron chi connectivity index (χ0n) is 6.13. The first-order valence-electron chi connectivity index (χ1n) is 3.33. The van der Waals surface area contributed by atoms with Gasteiger partial charge in [-0.25, -0.2) is 12.1 Å². The summed E-state index contributed by atoms with van der Waals surface area (Å²) >= 11 is 0. The van der Waals surface area contributed by atoms with Gasteiger partial charge in [0.1, 0.15) is 0 Å². The topological polar surface area (TPSA) is 0 Å².